The van der Waals surface area contributed by atoms with Crippen LogP contribution in [0.2, 0.25) is 0 Å². The second-order valence-electron chi connectivity index (χ2n) is 6.43. The van der Waals surface area contributed by atoms with Gasteiger partial charge >= 0.3 is 0 Å². The maximum absolute atomic E-state index is 3.24. The van der Waals surface area contributed by atoms with Crippen molar-refractivity contribution in [3.8, 4) is 0 Å². The summed E-state index contributed by atoms with van der Waals surface area (Å²) in [5, 5.41) is 3.24. The fraction of sp³-hybridized carbons (Fsp3) is 0.647. The Bertz CT molecular complexity index is 471. The van der Waals surface area contributed by atoms with Crippen molar-refractivity contribution in [2.24, 2.45) is 0 Å². The third kappa shape index (κ3) is 2.57. The third-order valence-electron chi connectivity index (χ3n) is 4.96. The standard InChI is InChI=1S/C17H27N3/c1-13-9-16(7-6-15(13)10-18-3)20-12-17-5-4-8-19(17)11-14(20)2/h6-7,9,14,17-18H,4-5,8,10-12H2,1-3H3. The van der Waals surface area contributed by atoms with E-state index in [1.54, 1.807) is 0 Å². The fourth-order valence-electron chi connectivity index (χ4n) is 3.79. The molecule has 0 aromatic heterocycles. The topological polar surface area (TPSA) is 18.5 Å². The first-order chi connectivity index (χ1) is 9.69. The average Bonchev–Trinajstić information content (AvgIpc) is 2.87. The SMILES string of the molecule is CNCc1ccc(N2CC3CCCN3CC2C)cc1C. The van der Waals surface area contributed by atoms with Gasteiger partial charge in [0.2, 0.25) is 0 Å². The van der Waals surface area contributed by atoms with E-state index < -0.39 is 0 Å². The summed E-state index contributed by atoms with van der Waals surface area (Å²) >= 11 is 0. The highest BCUT2D eigenvalue weighted by atomic mass is 15.3. The molecule has 0 bridgehead atoms. The van der Waals surface area contributed by atoms with Crippen LogP contribution in [0.25, 0.3) is 0 Å². The van der Waals surface area contributed by atoms with Crippen molar-refractivity contribution in [3.63, 3.8) is 0 Å². The molecule has 0 radical (unpaired) electrons. The van der Waals surface area contributed by atoms with Gasteiger partial charge in [0.25, 0.3) is 0 Å². The van der Waals surface area contributed by atoms with Crippen molar-refractivity contribution >= 4 is 5.69 Å². The van der Waals surface area contributed by atoms with E-state index in [1.165, 1.54) is 49.3 Å². The monoisotopic (exact) mass is 273 g/mol. The zero-order valence-electron chi connectivity index (χ0n) is 13.0. The first kappa shape index (κ1) is 13.9. The van der Waals surface area contributed by atoms with Crippen LogP contribution < -0.4 is 10.2 Å². The van der Waals surface area contributed by atoms with E-state index in [2.05, 4.69) is 47.2 Å². The lowest BCUT2D eigenvalue weighted by Gasteiger charge is -2.43. The molecule has 1 N–H and O–H groups in total. The Balaban J connectivity index is 1.79. The van der Waals surface area contributed by atoms with E-state index in [-0.39, 0.29) is 0 Å². The number of aryl methyl sites for hydroxylation is 1. The molecule has 3 nitrogen and oxygen atoms in total. The minimum absolute atomic E-state index is 0.624. The molecule has 2 aliphatic heterocycles. The number of piperazine rings is 1. The van der Waals surface area contributed by atoms with Gasteiger partial charge in [-0.05, 0) is 63.5 Å². The summed E-state index contributed by atoms with van der Waals surface area (Å²) in [4.78, 5) is 5.30. The maximum Gasteiger partial charge on any atom is 0.0389 e. The summed E-state index contributed by atoms with van der Waals surface area (Å²) in [6.45, 7) is 9.28. The van der Waals surface area contributed by atoms with E-state index in [0.717, 1.165) is 12.6 Å². The number of anilines is 1. The summed E-state index contributed by atoms with van der Waals surface area (Å²) < 4.78 is 0. The minimum Gasteiger partial charge on any atom is -0.366 e. The van der Waals surface area contributed by atoms with Crippen LogP contribution in [0, 0.1) is 6.92 Å². The molecule has 20 heavy (non-hydrogen) atoms. The molecule has 2 unspecified atom stereocenters. The molecule has 1 aromatic carbocycles. The first-order valence-electron chi connectivity index (χ1n) is 7.94. The predicted molar refractivity (Wildman–Crippen MR) is 85.3 cm³/mol. The summed E-state index contributed by atoms with van der Waals surface area (Å²) in [6, 6.07) is 8.37. The van der Waals surface area contributed by atoms with Gasteiger partial charge in [0.15, 0.2) is 0 Å². The van der Waals surface area contributed by atoms with E-state index >= 15 is 0 Å². The van der Waals surface area contributed by atoms with Gasteiger partial charge < -0.3 is 10.2 Å². The number of benzene rings is 1. The molecule has 2 fully saturated rings. The smallest absolute Gasteiger partial charge is 0.0389 e. The van der Waals surface area contributed by atoms with Gasteiger partial charge in [0.05, 0.1) is 0 Å². The molecule has 3 rings (SSSR count). The largest absolute Gasteiger partial charge is 0.366 e. The van der Waals surface area contributed by atoms with Gasteiger partial charge in [-0.25, -0.2) is 0 Å². The Morgan fingerprint density at radius 1 is 1.30 bits per heavy atom. The Morgan fingerprint density at radius 2 is 2.15 bits per heavy atom. The number of hydrogen-bond donors (Lipinski definition) is 1. The first-order valence-corrected chi connectivity index (χ1v) is 7.94. The van der Waals surface area contributed by atoms with Gasteiger partial charge in [-0.2, -0.15) is 0 Å². The van der Waals surface area contributed by atoms with Crippen molar-refractivity contribution < 1.29 is 0 Å². The van der Waals surface area contributed by atoms with Crippen LogP contribution >= 0.6 is 0 Å². The van der Waals surface area contributed by atoms with Crippen molar-refractivity contribution in [2.75, 3.05) is 31.6 Å². The number of rotatable bonds is 3. The Hall–Kier alpha value is -1.06. The lowest BCUT2D eigenvalue weighted by atomic mass is 10.0. The summed E-state index contributed by atoms with van der Waals surface area (Å²) in [5.41, 5.74) is 4.21. The van der Waals surface area contributed by atoms with Crippen molar-refractivity contribution in [2.45, 2.75) is 45.3 Å². The van der Waals surface area contributed by atoms with Crippen molar-refractivity contribution in [3.05, 3.63) is 29.3 Å². The highest BCUT2D eigenvalue weighted by Gasteiger charge is 2.34. The highest BCUT2D eigenvalue weighted by Crippen LogP contribution is 2.29. The highest BCUT2D eigenvalue weighted by molar-refractivity contribution is 5.52. The minimum atomic E-state index is 0.624. The van der Waals surface area contributed by atoms with Gasteiger partial charge in [0.1, 0.15) is 0 Å². The van der Waals surface area contributed by atoms with Gasteiger partial charge in [0, 0.05) is 37.4 Å². The van der Waals surface area contributed by atoms with Crippen molar-refractivity contribution in [1.82, 2.24) is 10.2 Å². The van der Waals surface area contributed by atoms with Crippen LogP contribution in [0.3, 0.4) is 0 Å². The third-order valence-corrected chi connectivity index (χ3v) is 4.96. The maximum atomic E-state index is 3.24. The van der Waals surface area contributed by atoms with Gasteiger partial charge in [-0.1, -0.05) is 6.07 Å². The number of fused-ring (bicyclic) bond motifs is 1. The van der Waals surface area contributed by atoms with E-state index in [1.807, 2.05) is 7.05 Å². The van der Waals surface area contributed by atoms with Crippen LogP contribution in [0.5, 0.6) is 0 Å². The van der Waals surface area contributed by atoms with E-state index in [0.29, 0.717) is 6.04 Å². The Labute approximate surface area is 123 Å². The molecule has 0 aliphatic carbocycles. The fourth-order valence-corrected chi connectivity index (χ4v) is 3.79. The van der Waals surface area contributed by atoms with Gasteiger partial charge in [-0.15, -0.1) is 0 Å². The molecule has 0 amide bonds. The quantitative estimate of drug-likeness (QED) is 0.912. The summed E-state index contributed by atoms with van der Waals surface area (Å²) in [6.07, 6.45) is 2.76. The molecule has 3 heteroatoms. The number of hydrogen-bond acceptors (Lipinski definition) is 3. The van der Waals surface area contributed by atoms with Crippen molar-refractivity contribution in [1.29, 1.82) is 0 Å². The molecule has 2 aliphatic rings. The molecular formula is C17H27N3. The lowest BCUT2D eigenvalue weighted by molar-refractivity contribution is 0.203. The molecule has 1 aromatic rings. The van der Waals surface area contributed by atoms with Crippen LogP contribution in [0.1, 0.15) is 30.9 Å². The lowest BCUT2D eigenvalue weighted by Crippen LogP contribution is -2.55. The van der Waals surface area contributed by atoms with Crippen LogP contribution in [-0.4, -0.2) is 43.7 Å². The Morgan fingerprint density at radius 3 is 2.90 bits per heavy atom. The number of nitrogens with one attached hydrogen (secondary N) is 1. The molecule has 0 spiro atoms. The molecule has 0 saturated carbocycles. The number of nitrogens with zero attached hydrogens (tertiary/aromatic N) is 2. The average molecular weight is 273 g/mol. The van der Waals surface area contributed by atoms with Crippen LogP contribution in [0.4, 0.5) is 5.69 Å². The summed E-state index contributed by atoms with van der Waals surface area (Å²) in [5.74, 6) is 0. The molecule has 2 saturated heterocycles. The van der Waals surface area contributed by atoms with E-state index in [9.17, 15) is 0 Å². The van der Waals surface area contributed by atoms with Gasteiger partial charge in [-0.3, -0.25) is 4.90 Å². The molecule has 2 heterocycles. The van der Waals surface area contributed by atoms with E-state index in [4.69, 9.17) is 0 Å². The van der Waals surface area contributed by atoms with Crippen LogP contribution in [0.15, 0.2) is 18.2 Å². The molecule has 110 valence electrons. The zero-order valence-corrected chi connectivity index (χ0v) is 13.0. The zero-order chi connectivity index (χ0) is 14.1. The second kappa shape index (κ2) is 5.74. The normalized spacial score (nSPS) is 26.9. The predicted octanol–water partition coefficient (Wildman–Crippen LogP) is 2.39. The molecular weight excluding hydrogens is 246 g/mol. The second-order valence-corrected chi connectivity index (χ2v) is 6.43. The Kier molecular flexibility index (Phi) is 3.99. The summed E-state index contributed by atoms with van der Waals surface area (Å²) in [7, 11) is 2.01. The molecule has 2 atom stereocenters. The van der Waals surface area contributed by atoms with Crippen LogP contribution in [-0.2, 0) is 6.54 Å².